The Hall–Kier alpha value is -2.81. The van der Waals surface area contributed by atoms with Gasteiger partial charge < -0.3 is 4.74 Å². The third-order valence-electron chi connectivity index (χ3n) is 3.00. The van der Waals surface area contributed by atoms with Crippen LogP contribution in [0.4, 0.5) is 10.8 Å². The lowest BCUT2D eigenvalue weighted by atomic mass is 10.1. The molecular formula is C15H16N4O4S. The number of carbonyl (C=O) groups excluding carboxylic acids is 1. The van der Waals surface area contributed by atoms with Crippen molar-refractivity contribution < 1.29 is 14.5 Å². The van der Waals surface area contributed by atoms with Gasteiger partial charge in [-0.2, -0.15) is 5.10 Å². The molecule has 0 spiro atoms. The number of ether oxygens (including phenoxy) is 1. The average molecular weight is 348 g/mol. The number of esters is 1. The van der Waals surface area contributed by atoms with Crippen molar-refractivity contribution in [3.63, 3.8) is 0 Å². The summed E-state index contributed by atoms with van der Waals surface area (Å²) in [5.41, 5.74) is 4.27. The van der Waals surface area contributed by atoms with Crippen LogP contribution in [0, 0.1) is 17.0 Å². The van der Waals surface area contributed by atoms with Gasteiger partial charge in [-0.1, -0.05) is 12.1 Å². The Morgan fingerprint density at radius 3 is 3.04 bits per heavy atom. The Kier molecular flexibility index (Phi) is 5.96. The number of aryl methyl sites for hydroxylation is 1. The molecule has 0 bridgehead atoms. The lowest BCUT2D eigenvalue weighted by Crippen LogP contribution is -2.07. The smallest absolute Gasteiger partial charge is 0.311 e. The Labute approximate surface area is 142 Å². The quantitative estimate of drug-likeness (QED) is 0.357. The second-order valence-electron chi connectivity index (χ2n) is 4.77. The van der Waals surface area contributed by atoms with Gasteiger partial charge >= 0.3 is 5.97 Å². The summed E-state index contributed by atoms with van der Waals surface area (Å²) in [7, 11) is 0. The predicted octanol–water partition coefficient (Wildman–Crippen LogP) is 2.91. The van der Waals surface area contributed by atoms with Gasteiger partial charge in [0.15, 0.2) is 0 Å². The van der Waals surface area contributed by atoms with Gasteiger partial charge in [0.25, 0.3) is 5.69 Å². The van der Waals surface area contributed by atoms with E-state index in [0.29, 0.717) is 28.6 Å². The highest BCUT2D eigenvalue weighted by Crippen LogP contribution is 2.21. The van der Waals surface area contributed by atoms with Crippen molar-refractivity contribution in [2.24, 2.45) is 5.10 Å². The molecule has 0 amide bonds. The maximum absolute atomic E-state index is 11.4. The molecule has 0 aliphatic rings. The molecule has 1 aromatic carbocycles. The number of anilines is 1. The fourth-order valence-electron chi connectivity index (χ4n) is 1.99. The number of thiazole rings is 1. The molecule has 2 aromatic rings. The molecule has 0 fully saturated rings. The molecule has 0 aliphatic carbocycles. The second kappa shape index (κ2) is 8.16. The number of nitro groups is 1. The first-order chi connectivity index (χ1) is 11.5. The van der Waals surface area contributed by atoms with Crippen LogP contribution in [0.15, 0.2) is 28.7 Å². The molecule has 1 N–H and O–H groups in total. The van der Waals surface area contributed by atoms with Crippen LogP contribution >= 0.6 is 11.3 Å². The van der Waals surface area contributed by atoms with Gasteiger partial charge in [-0.3, -0.25) is 20.3 Å². The first kappa shape index (κ1) is 17.5. The van der Waals surface area contributed by atoms with E-state index in [-0.39, 0.29) is 18.1 Å². The summed E-state index contributed by atoms with van der Waals surface area (Å²) >= 11 is 1.28. The average Bonchev–Trinajstić information content (AvgIpc) is 2.94. The van der Waals surface area contributed by atoms with Crippen LogP contribution in [0.25, 0.3) is 0 Å². The lowest BCUT2D eigenvalue weighted by molar-refractivity contribution is -0.385. The number of benzene rings is 1. The molecule has 0 radical (unpaired) electrons. The molecule has 2 rings (SSSR count). The Morgan fingerprint density at radius 2 is 2.33 bits per heavy atom. The van der Waals surface area contributed by atoms with Crippen LogP contribution in [0.2, 0.25) is 0 Å². The van der Waals surface area contributed by atoms with Crippen LogP contribution in [0.3, 0.4) is 0 Å². The van der Waals surface area contributed by atoms with Crippen LogP contribution in [0.5, 0.6) is 0 Å². The number of rotatable bonds is 7. The fraction of sp³-hybridized carbons (Fsp3) is 0.267. The van der Waals surface area contributed by atoms with E-state index in [1.165, 1.54) is 17.6 Å². The van der Waals surface area contributed by atoms with Gasteiger partial charge in [0.2, 0.25) is 5.13 Å². The van der Waals surface area contributed by atoms with Gasteiger partial charge in [0, 0.05) is 10.9 Å². The Bertz CT molecular complexity index is 773. The minimum atomic E-state index is -0.433. The number of para-hydroxylation sites is 1. The van der Waals surface area contributed by atoms with Crippen molar-refractivity contribution in [2.45, 2.75) is 20.3 Å². The topological polar surface area (TPSA) is 107 Å². The predicted molar refractivity (Wildman–Crippen MR) is 91.5 cm³/mol. The highest BCUT2D eigenvalue weighted by atomic mass is 32.1. The van der Waals surface area contributed by atoms with E-state index in [4.69, 9.17) is 4.74 Å². The molecule has 24 heavy (non-hydrogen) atoms. The third kappa shape index (κ3) is 4.59. The second-order valence-corrected chi connectivity index (χ2v) is 5.62. The van der Waals surface area contributed by atoms with Crippen LogP contribution in [-0.4, -0.2) is 28.7 Å². The molecule has 0 saturated carbocycles. The van der Waals surface area contributed by atoms with Gasteiger partial charge in [0.1, 0.15) is 0 Å². The lowest BCUT2D eigenvalue weighted by Gasteiger charge is -2.00. The fourth-order valence-corrected chi connectivity index (χ4v) is 2.65. The van der Waals surface area contributed by atoms with Crippen molar-refractivity contribution in [1.29, 1.82) is 0 Å². The molecule has 0 aliphatic heterocycles. The molecule has 0 unspecified atom stereocenters. The van der Waals surface area contributed by atoms with Crippen molar-refractivity contribution in [1.82, 2.24) is 4.98 Å². The van der Waals surface area contributed by atoms with Crippen molar-refractivity contribution in [3.8, 4) is 0 Å². The summed E-state index contributed by atoms with van der Waals surface area (Å²) in [5.74, 6) is -0.340. The maximum Gasteiger partial charge on any atom is 0.311 e. The summed E-state index contributed by atoms with van der Waals surface area (Å²) in [6, 6.07) is 5.01. The molecule has 1 heterocycles. The van der Waals surface area contributed by atoms with Crippen LogP contribution in [0.1, 0.15) is 23.7 Å². The van der Waals surface area contributed by atoms with Gasteiger partial charge in [0.05, 0.1) is 35.4 Å². The number of carbonyl (C=O) groups is 1. The molecule has 1 aromatic heterocycles. The van der Waals surface area contributed by atoms with E-state index in [9.17, 15) is 14.9 Å². The zero-order valence-electron chi connectivity index (χ0n) is 13.2. The van der Waals surface area contributed by atoms with Gasteiger partial charge in [-0.25, -0.2) is 4.98 Å². The van der Waals surface area contributed by atoms with Gasteiger partial charge in [-0.15, -0.1) is 11.3 Å². The zero-order chi connectivity index (χ0) is 17.5. The van der Waals surface area contributed by atoms with E-state index in [2.05, 4.69) is 15.5 Å². The number of nitrogens with one attached hydrogen (secondary N) is 1. The highest BCUT2D eigenvalue weighted by molar-refractivity contribution is 7.13. The maximum atomic E-state index is 11.4. The monoisotopic (exact) mass is 348 g/mol. The van der Waals surface area contributed by atoms with Gasteiger partial charge in [-0.05, 0) is 19.9 Å². The molecule has 9 heteroatoms. The van der Waals surface area contributed by atoms with E-state index >= 15 is 0 Å². The third-order valence-corrected chi connectivity index (χ3v) is 3.79. The van der Waals surface area contributed by atoms with Crippen LogP contribution in [-0.2, 0) is 16.0 Å². The van der Waals surface area contributed by atoms with Crippen molar-refractivity contribution in [2.75, 3.05) is 12.0 Å². The first-order valence-electron chi connectivity index (χ1n) is 7.14. The summed E-state index contributed by atoms with van der Waals surface area (Å²) in [5, 5.41) is 17.3. The van der Waals surface area contributed by atoms with Crippen molar-refractivity contribution in [3.05, 3.63) is 50.5 Å². The standard InChI is InChI=1S/C15H16N4O4S/c1-3-23-13(20)7-12-9-24-15(17-12)18-16-8-11-6-4-5-10(2)14(11)19(21)22/h4-6,8-9H,3,7H2,1-2H3,(H,17,18). The summed E-state index contributed by atoms with van der Waals surface area (Å²) in [4.78, 5) is 26.3. The summed E-state index contributed by atoms with van der Waals surface area (Å²) in [6.45, 7) is 3.74. The number of nitro benzene ring substituents is 1. The number of aromatic nitrogens is 1. The minimum absolute atomic E-state index is 0.0187. The highest BCUT2D eigenvalue weighted by Gasteiger charge is 2.15. The van der Waals surface area contributed by atoms with E-state index in [1.807, 2.05) is 0 Å². The zero-order valence-corrected chi connectivity index (χ0v) is 14.0. The number of nitrogens with zero attached hydrogens (tertiary/aromatic N) is 3. The van der Waals surface area contributed by atoms with E-state index in [0.717, 1.165) is 0 Å². The molecule has 0 saturated heterocycles. The number of hydrogen-bond acceptors (Lipinski definition) is 8. The largest absolute Gasteiger partial charge is 0.466 e. The number of hydrogen-bond donors (Lipinski definition) is 1. The summed E-state index contributed by atoms with van der Waals surface area (Å²) < 4.78 is 4.85. The van der Waals surface area contributed by atoms with Crippen molar-refractivity contribution >= 4 is 34.3 Å². The molecular weight excluding hydrogens is 332 g/mol. The van der Waals surface area contributed by atoms with E-state index < -0.39 is 4.92 Å². The normalized spacial score (nSPS) is 10.8. The number of hydrazone groups is 1. The Morgan fingerprint density at radius 1 is 1.54 bits per heavy atom. The molecule has 126 valence electrons. The molecule has 0 atom stereocenters. The van der Waals surface area contributed by atoms with Crippen LogP contribution < -0.4 is 5.43 Å². The SMILES string of the molecule is CCOC(=O)Cc1csc(NN=Cc2cccc(C)c2[N+](=O)[O-])n1. The summed E-state index contributed by atoms with van der Waals surface area (Å²) in [6.07, 6.45) is 1.47. The minimum Gasteiger partial charge on any atom is -0.466 e. The van der Waals surface area contributed by atoms with E-state index in [1.54, 1.807) is 37.4 Å². The molecule has 8 nitrogen and oxygen atoms in total. The Balaban J connectivity index is 2.03. The first-order valence-corrected chi connectivity index (χ1v) is 8.02.